The van der Waals surface area contributed by atoms with Crippen molar-refractivity contribution >= 4 is 23.6 Å². The molecule has 3 atom stereocenters. The molecule has 0 bridgehead atoms. The van der Waals surface area contributed by atoms with Crippen molar-refractivity contribution in [3.8, 4) is 0 Å². The minimum Gasteiger partial charge on any atom is -0.329 e. The van der Waals surface area contributed by atoms with E-state index >= 15 is 0 Å². The summed E-state index contributed by atoms with van der Waals surface area (Å²) >= 11 is 1.75. The summed E-state index contributed by atoms with van der Waals surface area (Å²) in [6.07, 6.45) is 6.64. The first-order valence-electron chi connectivity index (χ1n) is 7.77. The lowest BCUT2D eigenvalue weighted by Gasteiger charge is -2.49. The second-order valence-corrected chi connectivity index (χ2v) is 6.64. The quantitative estimate of drug-likeness (QED) is 0.781. The fraction of sp³-hybridized carbons (Fsp3) is 0.867. The molecule has 114 valence electrons. The van der Waals surface area contributed by atoms with Gasteiger partial charge < -0.3 is 9.80 Å². The van der Waals surface area contributed by atoms with Crippen molar-refractivity contribution in [2.24, 2.45) is 0 Å². The number of nitrogens with zero attached hydrogens (tertiary/aromatic N) is 2. The van der Waals surface area contributed by atoms with Crippen LogP contribution in [-0.4, -0.2) is 58.3 Å². The van der Waals surface area contributed by atoms with E-state index in [1.54, 1.807) is 11.8 Å². The molecule has 5 heteroatoms. The molecule has 2 aliphatic heterocycles. The van der Waals surface area contributed by atoms with Crippen LogP contribution in [0.25, 0.3) is 0 Å². The van der Waals surface area contributed by atoms with Gasteiger partial charge in [-0.1, -0.05) is 13.8 Å². The van der Waals surface area contributed by atoms with Crippen LogP contribution in [0.5, 0.6) is 0 Å². The van der Waals surface area contributed by atoms with E-state index in [9.17, 15) is 9.59 Å². The Morgan fingerprint density at radius 1 is 1.25 bits per heavy atom. The lowest BCUT2D eigenvalue weighted by molar-refractivity contribution is -0.166. The highest BCUT2D eigenvalue weighted by Gasteiger charge is 2.47. The summed E-state index contributed by atoms with van der Waals surface area (Å²) in [5, 5.41) is 0. The van der Waals surface area contributed by atoms with Gasteiger partial charge in [0, 0.05) is 18.3 Å². The number of piperidine rings is 1. The van der Waals surface area contributed by atoms with Crippen molar-refractivity contribution in [1.29, 1.82) is 0 Å². The molecular weight excluding hydrogens is 272 g/mol. The number of fused-ring (bicyclic) bond motifs is 1. The van der Waals surface area contributed by atoms with Gasteiger partial charge in [0.1, 0.15) is 12.1 Å². The number of carbonyl (C=O) groups is 2. The summed E-state index contributed by atoms with van der Waals surface area (Å²) in [5.74, 6) is 1.28. The Hall–Kier alpha value is -0.710. The maximum absolute atomic E-state index is 12.9. The van der Waals surface area contributed by atoms with Crippen LogP contribution in [0.1, 0.15) is 46.0 Å². The number of hydrogen-bond acceptors (Lipinski definition) is 3. The van der Waals surface area contributed by atoms with Gasteiger partial charge in [-0.3, -0.25) is 9.59 Å². The van der Waals surface area contributed by atoms with Crippen LogP contribution in [-0.2, 0) is 9.59 Å². The Morgan fingerprint density at radius 2 is 2.00 bits per heavy atom. The molecule has 20 heavy (non-hydrogen) atoms. The van der Waals surface area contributed by atoms with Crippen molar-refractivity contribution in [1.82, 2.24) is 9.80 Å². The van der Waals surface area contributed by atoms with E-state index < -0.39 is 0 Å². The molecule has 0 radical (unpaired) electrons. The Kier molecular flexibility index (Phi) is 5.35. The third-order valence-electron chi connectivity index (χ3n) is 4.56. The topological polar surface area (TPSA) is 40.6 Å². The van der Waals surface area contributed by atoms with E-state index in [1.165, 1.54) is 0 Å². The zero-order chi connectivity index (χ0) is 14.7. The highest BCUT2D eigenvalue weighted by Crippen LogP contribution is 2.30. The monoisotopic (exact) mass is 298 g/mol. The van der Waals surface area contributed by atoms with Crippen LogP contribution >= 0.6 is 11.8 Å². The van der Waals surface area contributed by atoms with Gasteiger partial charge in [-0.2, -0.15) is 11.8 Å². The van der Waals surface area contributed by atoms with E-state index in [0.717, 1.165) is 44.4 Å². The maximum atomic E-state index is 12.9. The van der Waals surface area contributed by atoms with Gasteiger partial charge in [0.05, 0.1) is 0 Å². The van der Waals surface area contributed by atoms with Crippen LogP contribution < -0.4 is 0 Å². The Labute approximate surface area is 126 Å². The smallest absolute Gasteiger partial charge is 0.246 e. The largest absolute Gasteiger partial charge is 0.329 e. The van der Waals surface area contributed by atoms with Gasteiger partial charge >= 0.3 is 0 Å². The van der Waals surface area contributed by atoms with Crippen molar-refractivity contribution in [3.05, 3.63) is 0 Å². The third-order valence-corrected chi connectivity index (χ3v) is 5.27. The summed E-state index contributed by atoms with van der Waals surface area (Å²) in [6.45, 7) is 4.89. The van der Waals surface area contributed by atoms with Gasteiger partial charge in [0.25, 0.3) is 0 Å². The first-order valence-corrected chi connectivity index (χ1v) is 9.16. The molecule has 2 fully saturated rings. The second-order valence-electron chi connectivity index (χ2n) is 5.73. The third kappa shape index (κ3) is 2.69. The van der Waals surface area contributed by atoms with Crippen LogP contribution in [0.4, 0.5) is 0 Å². The first kappa shape index (κ1) is 15.7. The Morgan fingerprint density at radius 3 is 2.60 bits per heavy atom. The molecule has 2 amide bonds. The highest BCUT2D eigenvalue weighted by atomic mass is 32.2. The number of piperazine rings is 1. The van der Waals surface area contributed by atoms with Crippen LogP contribution in [0.15, 0.2) is 0 Å². The molecule has 2 rings (SSSR count). The first-order chi connectivity index (χ1) is 9.65. The number of rotatable bonds is 5. The summed E-state index contributed by atoms with van der Waals surface area (Å²) in [4.78, 5) is 29.3. The standard InChI is InChI=1S/C15H26N2O2S/c1-4-11(10-20-3)17-12(5-2)14(18)16-9-7-6-8-13(16)15(17)19/h11-13H,4-10H2,1-3H3. The SMILES string of the molecule is CCC(CSC)N1C(=O)C2CCCCN2C(=O)C1CC. The predicted octanol–water partition coefficient (Wildman–Crippen LogP) is 2.13. The molecule has 0 aromatic rings. The number of hydrogen-bond donors (Lipinski definition) is 0. The lowest BCUT2D eigenvalue weighted by Crippen LogP contribution is -2.67. The molecule has 0 aromatic carbocycles. The predicted molar refractivity (Wildman–Crippen MR) is 82.7 cm³/mol. The summed E-state index contributed by atoms with van der Waals surface area (Å²) in [7, 11) is 0. The van der Waals surface area contributed by atoms with E-state index in [0.29, 0.717) is 0 Å². The summed E-state index contributed by atoms with van der Waals surface area (Å²) < 4.78 is 0. The summed E-state index contributed by atoms with van der Waals surface area (Å²) in [5.41, 5.74) is 0. The van der Waals surface area contributed by atoms with Crippen molar-refractivity contribution in [2.45, 2.75) is 64.1 Å². The van der Waals surface area contributed by atoms with Crippen molar-refractivity contribution in [3.63, 3.8) is 0 Å². The van der Waals surface area contributed by atoms with E-state index in [4.69, 9.17) is 0 Å². The second kappa shape index (κ2) is 6.83. The minimum atomic E-state index is -0.242. The van der Waals surface area contributed by atoms with Gasteiger partial charge in [-0.15, -0.1) is 0 Å². The molecule has 0 aromatic heterocycles. The van der Waals surface area contributed by atoms with Gasteiger partial charge in [-0.05, 0) is 38.4 Å². The van der Waals surface area contributed by atoms with Gasteiger partial charge in [0.15, 0.2) is 0 Å². The van der Waals surface area contributed by atoms with Crippen LogP contribution in [0, 0.1) is 0 Å². The molecule has 2 saturated heterocycles. The van der Waals surface area contributed by atoms with Crippen LogP contribution in [0.3, 0.4) is 0 Å². The molecule has 3 unspecified atom stereocenters. The summed E-state index contributed by atoms with van der Waals surface area (Å²) in [6, 6.07) is -0.237. The number of carbonyl (C=O) groups excluding carboxylic acids is 2. The average molecular weight is 298 g/mol. The number of thioether (sulfide) groups is 1. The molecule has 2 heterocycles. The average Bonchev–Trinajstić information content (AvgIpc) is 2.48. The molecule has 0 spiro atoms. The molecule has 0 N–H and O–H groups in total. The fourth-order valence-electron chi connectivity index (χ4n) is 3.48. The van der Waals surface area contributed by atoms with Crippen molar-refractivity contribution < 1.29 is 9.59 Å². The van der Waals surface area contributed by atoms with Gasteiger partial charge in [-0.25, -0.2) is 0 Å². The Bertz CT molecular complexity index is 375. The molecule has 0 saturated carbocycles. The molecule has 2 aliphatic rings. The normalized spacial score (nSPS) is 28.6. The van der Waals surface area contributed by atoms with Gasteiger partial charge in [0.2, 0.25) is 11.8 Å². The van der Waals surface area contributed by atoms with E-state index in [-0.39, 0.29) is 29.9 Å². The Balaban J connectivity index is 2.28. The van der Waals surface area contributed by atoms with Crippen molar-refractivity contribution in [2.75, 3.05) is 18.6 Å². The van der Waals surface area contributed by atoms with E-state index in [1.807, 2.05) is 16.7 Å². The molecular formula is C15H26N2O2S. The maximum Gasteiger partial charge on any atom is 0.246 e. The fourth-order valence-corrected chi connectivity index (χ4v) is 4.26. The zero-order valence-corrected chi connectivity index (χ0v) is 13.6. The zero-order valence-electron chi connectivity index (χ0n) is 12.8. The molecule has 4 nitrogen and oxygen atoms in total. The molecule has 0 aliphatic carbocycles. The highest BCUT2D eigenvalue weighted by molar-refractivity contribution is 7.98. The van der Waals surface area contributed by atoms with E-state index in [2.05, 4.69) is 13.2 Å². The minimum absolute atomic E-state index is 0.177. The van der Waals surface area contributed by atoms with Crippen LogP contribution in [0.2, 0.25) is 0 Å². The number of amides is 2. The lowest BCUT2D eigenvalue weighted by atomic mass is 9.93.